The van der Waals surface area contributed by atoms with Crippen molar-refractivity contribution in [3.05, 3.63) is 59.4 Å². The van der Waals surface area contributed by atoms with E-state index >= 15 is 0 Å². The molecule has 2 rings (SSSR count). The molecular weight excluding hydrogens is 405 g/mol. The van der Waals surface area contributed by atoms with Gasteiger partial charge in [-0.3, -0.25) is 9.59 Å². The Bertz CT molecular complexity index is 923. The molecule has 0 spiro atoms. The second-order valence-electron chi connectivity index (χ2n) is 8.83. The van der Waals surface area contributed by atoms with E-state index in [1.54, 1.807) is 6.07 Å². The highest BCUT2D eigenvalue weighted by atomic mass is 19.1. The Balaban J connectivity index is 2.34. The number of hydrogen-bond acceptors (Lipinski definition) is 3. The molecular formula is C26H36FN3O2. The molecule has 0 saturated heterocycles. The Kier molecular flexibility index (Phi) is 9.24. The SMILES string of the molecule is CCC(CC)C(=O)N(Cc1cc(NC(=O)c2cccc(F)c2)ccc1N(C)C)CC(C)C. The zero-order chi connectivity index (χ0) is 23.8. The van der Waals surface area contributed by atoms with Crippen LogP contribution in [0.1, 0.15) is 56.5 Å². The lowest BCUT2D eigenvalue weighted by Crippen LogP contribution is -2.38. The van der Waals surface area contributed by atoms with E-state index < -0.39 is 5.82 Å². The van der Waals surface area contributed by atoms with E-state index in [0.717, 1.165) is 24.1 Å². The summed E-state index contributed by atoms with van der Waals surface area (Å²) in [5.41, 5.74) is 2.81. The van der Waals surface area contributed by atoms with E-state index in [1.807, 2.05) is 55.9 Å². The maximum atomic E-state index is 13.5. The highest BCUT2D eigenvalue weighted by molar-refractivity contribution is 6.04. The summed E-state index contributed by atoms with van der Waals surface area (Å²) in [4.78, 5) is 29.7. The van der Waals surface area contributed by atoms with Crippen molar-refractivity contribution < 1.29 is 14.0 Å². The Labute approximate surface area is 191 Å². The van der Waals surface area contributed by atoms with Gasteiger partial charge in [0.1, 0.15) is 5.82 Å². The Morgan fingerprint density at radius 3 is 2.28 bits per heavy atom. The second-order valence-corrected chi connectivity index (χ2v) is 8.83. The predicted molar refractivity (Wildman–Crippen MR) is 129 cm³/mol. The average Bonchev–Trinajstić information content (AvgIpc) is 2.73. The summed E-state index contributed by atoms with van der Waals surface area (Å²) in [6.07, 6.45) is 1.63. The molecule has 0 atom stereocenters. The number of hydrogen-bond donors (Lipinski definition) is 1. The van der Waals surface area contributed by atoms with Crippen LogP contribution in [-0.4, -0.2) is 37.4 Å². The number of carbonyl (C=O) groups excluding carboxylic acids is 2. The molecule has 32 heavy (non-hydrogen) atoms. The first-order valence-corrected chi connectivity index (χ1v) is 11.3. The summed E-state index contributed by atoms with van der Waals surface area (Å²) in [5, 5.41) is 2.85. The monoisotopic (exact) mass is 441 g/mol. The molecule has 2 aromatic rings. The topological polar surface area (TPSA) is 52.7 Å². The predicted octanol–water partition coefficient (Wildman–Crippen LogP) is 5.56. The number of amides is 2. The van der Waals surface area contributed by atoms with Gasteiger partial charge in [0.15, 0.2) is 0 Å². The van der Waals surface area contributed by atoms with Crippen LogP contribution < -0.4 is 10.2 Å². The Morgan fingerprint density at radius 2 is 1.72 bits per heavy atom. The zero-order valence-corrected chi connectivity index (χ0v) is 20.1. The molecule has 2 amide bonds. The minimum absolute atomic E-state index is 0.00687. The van der Waals surface area contributed by atoms with Gasteiger partial charge in [0.2, 0.25) is 5.91 Å². The van der Waals surface area contributed by atoms with Crippen molar-refractivity contribution in [2.75, 3.05) is 30.9 Å². The lowest BCUT2D eigenvalue weighted by atomic mass is 10.00. The van der Waals surface area contributed by atoms with Crippen LogP contribution in [0, 0.1) is 17.7 Å². The van der Waals surface area contributed by atoms with Crippen molar-refractivity contribution in [2.24, 2.45) is 11.8 Å². The van der Waals surface area contributed by atoms with Gasteiger partial charge >= 0.3 is 0 Å². The van der Waals surface area contributed by atoms with E-state index in [9.17, 15) is 14.0 Å². The molecule has 0 aromatic heterocycles. The number of halogens is 1. The average molecular weight is 442 g/mol. The third-order valence-corrected chi connectivity index (χ3v) is 5.50. The third kappa shape index (κ3) is 6.81. The maximum absolute atomic E-state index is 13.5. The summed E-state index contributed by atoms with van der Waals surface area (Å²) >= 11 is 0. The lowest BCUT2D eigenvalue weighted by Gasteiger charge is -2.30. The van der Waals surface area contributed by atoms with Gasteiger partial charge in [0.25, 0.3) is 5.91 Å². The Morgan fingerprint density at radius 1 is 1.03 bits per heavy atom. The number of benzene rings is 2. The molecule has 0 aliphatic rings. The molecule has 174 valence electrons. The van der Waals surface area contributed by atoms with Crippen molar-refractivity contribution >= 4 is 23.2 Å². The molecule has 0 heterocycles. The van der Waals surface area contributed by atoms with Crippen LogP contribution in [0.25, 0.3) is 0 Å². The Hall–Kier alpha value is -2.89. The standard InChI is InChI=1S/C26H36FN3O2/c1-7-19(8-2)26(32)30(16-18(3)4)17-21-15-23(12-13-24(21)29(5)6)28-25(31)20-10-9-11-22(27)14-20/h9-15,18-19H,7-8,16-17H2,1-6H3,(H,28,31). The van der Waals surface area contributed by atoms with E-state index in [-0.39, 0.29) is 23.3 Å². The van der Waals surface area contributed by atoms with E-state index in [4.69, 9.17) is 0 Å². The van der Waals surface area contributed by atoms with Crippen LogP contribution in [0.15, 0.2) is 42.5 Å². The first kappa shape index (κ1) is 25.4. The minimum Gasteiger partial charge on any atom is -0.377 e. The molecule has 0 fully saturated rings. The maximum Gasteiger partial charge on any atom is 0.255 e. The molecule has 2 aromatic carbocycles. The third-order valence-electron chi connectivity index (χ3n) is 5.50. The molecule has 0 unspecified atom stereocenters. The highest BCUT2D eigenvalue weighted by Gasteiger charge is 2.23. The molecule has 5 nitrogen and oxygen atoms in total. The fourth-order valence-corrected chi connectivity index (χ4v) is 3.83. The fourth-order valence-electron chi connectivity index (χ4n) is 3.83. The zero-order valence-electron chi connectivity index (χ0n) is 20.1. The first-order valence-electron chi connectivity index (χ1n) is 11.3. The first-order chi connectivity index (χ1) is 15.2. The van der Waals surface area contributed by atoms with Gasteiger partial charge in [-0.25, -0.2) is 4.39 Å². The molecule has 0 radical (unpaired) electrons. The highest BCUT2D eigenvalue weighted by Crippen LogP contribution is 2.26. The molecule has 0 aliphatic heterocycles. The van der Waals surface area contributed by atoms with Crippen molar-refractivity contribution in [3.63, 3.8) is 0 Å². The molecule has 0 bridgehead atoms. The van der Waals surface area contributed by atoms with Gasteiger partial charge in [-0.05, 0) is 60.7 Å². The normalized spacial score (nSPS) is 11.0. The number of carbonyl (C=O) groups is 2. The van der Waals surface area contributed by atoms with E-state index in [1.165, 1.54) is 18.2 Å². The molecule has 0 saturated carbocycles. The van der Waals surface area contributed by atoms with Crippen LogP contribution in [0.2, 0.25) is 0 Å². The van der Waals surface area contributed by atoms with Crippen molar-refractivity contribution in [1.29, 1.82) is 0 Å². The van der Waals surface area contributed by atoms with Crippen LogP contribution in [0.3, 0.4) is 0 Å². The van der Waals surface area contributed by atoms with Crippen molar-refractivity contribution in [3.8, 4) is 0 Å². The van der Waals surface area contributed by atoms with Gasteiger partial charge in [0, 0.05) is 50.0 Å². The quantitative estimate of drug-likeness (QED) is 0.525. The van der Waals surface area contributed by atoms with Crippen LogP contribution in [-0.2, 0) is 11.3 Å². The van der Waals surface area contributed by atoms with Crippen molar-refractivity contribution in [2.45, 2.75) is 47.1 Å². The van der Waals surface area contributed by atoms with Crippen LogP contribution >= 0.6 is 0 Å². The summed E-state index contributed by atoms with van der Waals surface area (Å²) < 4.78 is 13.5. The fraction of sp³-hybridized carbons (Fsp3) is 0.462. The summed E-state index contributed by atoms with van der Waals surface area (Å²) in [6, 6.07) is 11.3. The van der Waals surface area contributed by atoms with Crippen LogP contribution in [0.5, 0.6) is 0 Å². The molecule has 0 aliphatic carbocycles. The number of anilines is 2. The van der Waals surface area contributed by atoms with E-state index in [0.29, 0.717) is 24.7 Å². The second kappa shape index (κ2) is 11.7. The van der Waals surface area contributed by atoms with Gasteiger partial charge in [-0.15, -0.1) is 0 Å². The van der Waals surface area contributed by atoms with Gasteiger partial charge in [0.05, 0.1) is 0 Å². The summed E-state index contributed by atoms with van der Waals surface area (Å²) in [6.45, 7) is 9.44. The molecule has 6 heteroatoms. The smallest absolute Gasteiger partial charge is 0.255 e. The largest absolute Gasteiger partial charge is 0.377 e. The number of nitrogens with zero attached hydrogens (tertiary/aromatic N) is 2. The van der Waals surface area contributed by atoms with E-state index in [2.05, 4.69) is 19.2 Å². The lowest BCUT2D eigenvalue weighted by molar-refractivity contribution is -0.137. The summed E-state index contributed by atoms with van der Waals surface area (Å²) in [5.74, 6) is -0.312. The number of rotatable bonds is 10. The summed E-state index contributed by atoms with van der Waals surface area (Å²) in [7, 11) is 3.92. The van der Waals surface area contributed by atoms with Crippen molar-refractivity contribution in [1.82, 2.24) is 4.90 Å². The van der Waals surface area contributed by atoms with Gasteiger partial charge in [-0.2, -0.15) is 0 Å². The molecule has 1 N–H and O–H groups in total. The van der Waals surface area contributed by atoms with Gasteiger partial charge < -0.3 is 15.1 Å². The van der Waals surface area contributed by atoms with Gasteiger partial charge in [-0.1, -0.05) is 33.8 Å². The minimum atomic E-state index is -0.453. The number of nitrogens with one attached hydrogen (secondary N) is 1. The van der Waals surface area contributed by atoms with Crippen LogP contribution in [0.4, 0.5) is 15.8 Å².